The third-order valence-electron chi connectivity index (χ3n) is 4.57. The molecule has 3 heteroatoms. The van der Waals surface area contributed by atoms with Crippen LogP contribution in [-0.4, -0.2) is 24.8 Å². The lowest BCUT2D eigenvalue weighted by Crippen LogP contribution is -2.37. The summed E-state index contributed by atoms with van der Waals surface area (Å²) in [5.41, 5.74) is 9.89. The number of nitrogens with two attached hydrogens (primary N) is 1. The van der Waals surface area contributed by atoms with Gasteiger partial charge in [-0.2, -0.15) is 0 Å². The highest BCUT2D eigenvalue weighted by molar-refractivity contribution is 5.57. The van der Waals surface area contributed by atoms with E-state index in [2.05, 4.69) is 36.9 Å². The third kappa shape index (κ3) is 2.84. The van der Waals surface area contributed by atoms with Crippen LogP contribution in [0.1, 0.15) is 44.2 Å². The number of hydrogen-bond acceptors (Lipinski definition) is 3. The van der Waals surface area contributed by atoms with Crippen molar-refractivity contribution in [2.75, 3.05) is 18.0 Å². The molecule has 0 radical (unpaired) electrons. The van der Waals surface area contributed by atoms with Gasteiger partial charge in [0.25, 0.3) is 0 Å². The molecule has 1 saturated heterocycles. The van der Waals surface area contributed by atoms with Crippen molar-refractivity contribution >= 4 is 5.69 Å². The molecule has 3 nitrogen and oxygen atoms in total. The normalized spacial score (nSPS) is 24.8. The highest BCUT2D eigenvalue weighted by Crippen LogP contribution is 2.33. The first-order valence-electron chi connectivity index (χ1n) is 7.82. The van der Waals surface area contributed by atoms with Crippen molar-refractivity contribution in [3.63, 3.8) is 0 Å². The highest BCUT2D eigenvalue weighted by atomic mass is 16.5. The van der Waals surface area contributed by atoms with Crippen LogP contribution in [-0.2, 0) is 17.7 Å². The van der Waals surface area contributed by atoms with Gasteiger partial charge in [-0.3, -0.25) is 0 Å². The first-order valence-corrected chi connectivity index (χ1v) is 7.82. The van der Waals surface area contributed by atoms with Crippen molar-refractivity contribution in [2.24, 2.45) is 5.73 Å². The Morgan fingerprint density at radius 2 is 2.25 bits per heavy atom. The summed E-state index contributed by atoms with van der Waals surface area (Å²) in [6, 6.07) is 6.69. The van der Waals surface area contributed by atoms with Gasteiger partial charge in [0, 0.05) is 25.3 Å². The van der Waals surface area contributed by atoms with E-state index in [0.29, 0.717) is 12.6 Å². The summed E-state index contributed by atoms with van der Waals surface area (Å²) in [6.45, 7) is 7.20. The molecule has 20 heavy (non-hydrogen) atoms. The van der Waals surface area contributed by atoms with Crippen molar-refractivity contribution < 1.29 is 4.74 Å². The second-order valence-corrected chi connectivity index (χ2v) is 6.75. The Hall–Kier alpha value is -1.06. The van der Waals surface area contributed by atoms with Gasteiger partial charge in [0.05, 0.1) is 11.7 Å². The van der Waals surface area contributed by atoms with E-state index in [1.807, 2.05) is 0 Å². The fourth-order valence-corrected chi connectivity index (χ4v) is 3.50. The quantitative estimate of drug-likeness (QED) is 0.921. The summed E-state index contributed by atoms with van der Waals surface area (Å²) in [5.74, 6) is 0. The van der Waals surface area contributed by atoms with Gasteiger partial charge in [-0.1, -0.05) is 12.1 Å². The van der Waals surface area contributed by atoms with Crippen LogP contribution in [0, 0.1) is 0 Å². The Bertz CT molecular complexity index is 484. The molecule has 2 aliphatic heterocycles. The van der Waals surface area contributed by atoms with E-state index in [9.17, 15) is 0 Å². The summed E-state index contributed by atoms with van der Waals surface area (Å²) >= 11 is 0. The SMILES string of the molecule is CC1(C)CCC(CN2CCCc3cc(CN)ccc32)O1. The van der Waals surface area contributed by atoms with Gasteiger partial charge < -0.3 is 15.4 Å². The van der Waals surface area contributed by atoms with Crippen molar-refractivity contribution in [1.29, 1.82) is 0 Å². The summed E-state index contributed by atoms with van der Waals surface area (Å²) in [6.07, 6.45) is 5.14. The van der Waals surface area contributed by atoms with Crippen LogP contribution in [0.4, 0.5) is 5.69 Å². The first kappa shape index (κ1) is 13.9. The number of ether oxygens (including phenoxy) is 1. The lowest BCUT2D eigenvalue weighted by Gasteiger charge is -2.34. The van der Waals surface area contributed by atoms with E-state index in [4.69, 9.17) is 10.5 Å². The monoisotopic (exact) mass is 274 g/mol. The number of benzene rings is 1. The lowest BCUT2D eigenvalue weighted by molar-refractivity contribution is -0.0116. The molecule has 2 aliphatic rings. The Kier molecular flexibility index (Phi) is 3.74. The van der Waals surface area contributed by atoms with Gasteiger partial charge in [-0.15, -0.1) is 0 Å². The minimum atomic E-state index is 0.0622. The van der Waals surface area contributed by atoms with E-state index in [1.165, 1.54) is 42.5 Å². The number of nitrogens with zero attached hydrogens (tertiary/aromatic N) is 1. The molecule has 1 aromatic rings. The molecule has 1 aromatic carbocycles. The minimum absolute atomic E-state index is 0.0622. The standard InChI is InChI=1S/C17H26N2O/c1-17(2)8-7-15(20-17)12-19-9-3-4-14-10-13(11-18)5-6-16(14)19/h5-6,10,15H,3-4,7-9,11-12,18H2,1-2H3. The van der Waals surface area contributed by atoms with Crippen LogP contribution < -0.4 is 10.6 Å². The van der Waals surface area contributed by atoms with Gasteiger partial charge in [0.1, 0.15) is 0 Å². The van der Waals surface area contributed by atoms with Crippen LogP contribution >= 0.6 is 0 Å². The molecule has 1 fully saturated rings. The molecule has 0 aliphatic carbocycles. The first-order chi connectivity index (χ1) is 9.57. The Labute approximate surface area is 122 Å². The zero-order valence-corrected chi connectivity index (χ0v) is 12.7. The summed E-state index contributed by atoms with van der Waals surface area (Å²) in [7, 11) is 0. The average Bonchev–Trinajstić information content (AvgIpc) is 2.77. The molecule has 0 amide bonds. The summed E-state index contributed by atoms with van der Waals surface area (Å²) < 4.78 is 6.15. The second-order valence-electron chi connectivity index (χ2n) is 6.75. The summed E-state index contributed by atoms with van der Waals surface area (Å²) in [4.78, 5) is 2.51. The Balaban J connectivity index is 1.74. The van der Waals surface area contributed by atoms with Crippen molar-refractivity contribution in [3.05, 3.63) is 29.3 Å². The van der Waals surface area contributed by atoms with Crippen LogP contribution in [0.5, 0.6) is 0 Å². The molecule has 0 saturated carbocycles. The van der Waals surface area contributed by atoms with Crippen LogP contribution in [0.3, 0.4) is 0 Å². The van der Waals surface area contributed by atoms with Crippen LogP contribution in [0.15, 0.2) is 18.2 Å². The number of anilines is 1. The van der Waals surface area contributed by atoms with Crippen molar-refractivity contribution in [2.45, 2.75) is 57.8 Å². The molecule has 0 spiro atoms. The maximum Gasteiger partial charge on any atom is 0.0758 e. The molecular formula is C17H26N2O. The maximum atomic E-state index is 6.15. The van der Waals surface area contributed by atoms with Crippen LogP contribution in [0.2, 0.25) is 0 Å². The molecule has 2 N–H and O–H groups in total. The highest BCUT2D eigenvalue weighted by Gasteiger charge is 2.33. The summed E-state index contributed by atoms with van der Waals surface area (Å²) in [5, 5.41) is 0. The topological polar surface area (TPSA) is 38.5 Å². The number of fused-ring (bicyclic) bond motifs is 1. The number of hydrogen-bond donors (Lipinski definition) is 1. The zero-order chi connectivity index (χ0) is 14.2. The van der Waals surface area contributed by atoms with E-state index in [1.54, 1.807) is 0 Å². The molecule has 0 aromatic heterocycles. The molecule has 3 rings (SSSR count). The molecule has 1 unspecified atom stereocenters. The Morgan fingerprint density at radius 3 is 2.95 bits per heavy atom. The van der Waals surface area contributed by atoms with E-state index in [0.717, 1.165) is 13.1 Å². The maximum absolute atomic E-state index is 6.15. The predicted octanol–water partition coefficient (Wildman–Crippen LogP) is 2.86. The number of aryl methyl sites for hydroxylation is 1. The van der Waals surface area contributed by atoms with Gasteiger partial charge in [0.15, 0.2) is 0 Å². The zero-order valence-electron chi connectivity index (χ0n) is 12.7. The Morgan fingerprint density at radius 1 is 1.40 bits per heavy atom. The molecule has 1 atom stereocenters. The second kappa shape index (κ2) is 5.38. The van der Waals surface area contributed by atoms with Gasteiger partial charge in [-0.05, 0) is 56.7 Å². The fourth-order valence-electron chi connectivity index (χ4n) is 3.50. The van der Waals surface area contributed by atoms with Gasteiger partial charge in [-0.25, -0.2) is 0 Å². The minimum Gasteiger partial charge on any atom is -0.371 e. The molecule has 0 bridgehead atoms. The largest absolute Gasteiger partial charge is 0.371 e. The van der Waals surface area contributed by atoms with Gasteiger partial charge in [0.2, 0.25) is 0 Å². The van der Waals surface area contributed by atoms with Gasteiger partial charge >= 0.3 is 0 Å². The third-order valence-corrected chi connectivity index (χ3v) is 4.57. The fraction of sp³-hybridized carbons (Fsp3) is 0.647. The molecular weight excluding hydrogens is 248 g/mol. The smallest absolute Gasteiger partial charge is 0.0758 e. The molecule has 2 heterocycles. The lowest BCUT2D eigenvalue weighted by atomic mass is 9.98. The van der Waals surface area contributed by atoms with E-state index in [-0.39, 0.29) is 5.60 Å². The van der Waals surface area contributed by atoms with Crippen LogP contribution in [0.25, 0.3) is 0 Å². The van der Waals surface area contributed by atoms with E-state index >= 15 is 0 Å². The molecule has 110 valence electrons. The van der Waals surface area contributed by atoms with Crippen molar-refractivity contribution in [1.82, 2.24) is 0 Å². The average molecular weight is 274 g/mol. The predicted molar refractivity (Wildman–Crippen MR) is 83.1 cm³/mol. The van der Waals surface area contributed by atoms with E-state index < -0.39 is 0 Å². The van der Waals surface area contributed by atoms with Crippen molar-refractivity contribution in [3.8, 4) is 0 Å². The number of rotatable bonds is 3.